The molecule has 8 amide bonds. The number of carbonyl (C=O) groups is 9. The summed E-state index contributed by atoms with van der Waals surface area (Å²) >= 11 is 4.22. The molecule has 2 heterocycles. The Bertz CT molecular complexity index is 2410. The molecule has 3 rings (SSSR count). The molecular weight excluding hydrogens is 1020 g/mol. The molecule has 0 spiro atoms. The highest BCUT2D eigenvalue weighted by atomic mass is 32.1. The van der Waals surface area contributed by atoms with Crippen LogP contribution in [0.4, 0.5) is 0 Å². The van der Waals surface area contributed by atoms with E-state index in [1.807, 2.05) is 18.2 Å². The Hall–Kier alpha value is -7.20. The molecule has 1 saturated heterocycles. The van der Waals surface area contributed by atoms with Crippen LogP contribution < -0.4 is 65.9 Å². The Balaban J connectivity index is 1.96. The Morgan fingerprint density at radius 1 is 0.766 bits per heavy atom. The number of nitrogens with one attached hydrogen (secondary N) is 8. The van der Waals surface area contributed by atoms with Crippen molar-refractivity contribution >= 4 is 88.7 Å². The monoisotopic (exact) mass is 1100 g/mol. The number of aromatic amines is 1. The summed E-state index contributed by atoms with van der Waals surface area (Å²) in [5, 5.41) is 38.6. The quantitative estimate of drug-likeness (QED) is 0.0147. The number of benzene rings is 1. The predicted octanol–water partition coefficient (Wildman–Crippen LogP) is -3.35. The van der Waals surface area contributed by atoms with E-state index in [9.17, 15) is 53.4 Å². The SMILES string of the molecule is CC[C@H](C)[C@H](NC(=O)CNC(=O)[C@H](CS)NC(=O)[C@H](CC(C)C)NC(=O)[C@H](CCCN=C(N)N)NC(=O)[C@H](Cc1c[nH]c2ccccc12)NC(=O)[C@H](CCCN=C(N)N)NC(=O)[C@@H]1CCCN1C(=O)[C@@H](N)[C@@H](C)O)C(=O)O. The second-order valence-electron chi connectivity index (χ2n) is 19.5. The van der Waals surface area contributed by atoms with Crippen LogP contribution in [-0.4, -0.2) is 172 Å². The number of H-pyrrole nitrogens is 1. The Labute approximate surface area is 453 Å². The van der Waals surface area contributed by atoms with Gasteiger partial charge in [-0.2, -0.15) is 12.6 Å². The van der Waals surface area contributed by atoms with Crippen molar-refractivity contribution in [3.05, 3.63) is 36.0 Å². The minimum atomic E-state index is -1.42. The number of para-hydroxylation sites is 1. The van der Waals surface area contributed by atoms with Gasteiger partial charge >= 0.3 is 5.97 Å². The molecule has 0 unspecified atom stereocenters. The van der Waals surface area contributed by atoms with Crippen LogP contribution in [0.25, 0.3) is 10.9 Å². The van der Waals surface area contributed by atoms with Crippen LogP contribution in [0.3, 0.4) is 0 Å². The number of rotatable bonds is 32. The molecule has 0 radical (unpaired) electrons. The molecule has 0 saturated carbocycles. The first-order valence-electron chi connectivity index (χ1n) is 25.7. The number of carboxylic acid groups (broad SMARTS) is 1. The number of aliphatic hydroxyl groups is 1. The first-order valence-corrected chi connectivity index (χ1v) is 26.3. The summed E-state index contributed by atoms with van der Waals surface area (Å²) in [5.74, 6) is -8.69. The van der Waals surface area contributed by atoms with Gasteiger partial charge in [-0.15, -0.1) is 0 Å². The molecule has 1 aliphatic heterocycles. The number of nitrogens with two attached hydrogens (primary N) is 5. The van der Waals surface area contributed by atoms with Gasteiger partial charge in [0.25, 0.3) is 0 Å². The van der Waals surface area contributed by atoms with E-state index in [0.29, 0.717) is 18.4 Å². The highest BCUT2D eigenvalue weighted by molar-refractivity contribution is 7.80. The fourth-order valence-corrected chi connectivity index (χ4v) is 8.68. The number of aliphatic carboxylic acids is 1. The van der Waals surface area contributed by atoms with Crippen molar-refractivity contribution < 1.29 is 53.4 Å². The van der Waals surface area contributed by atoms with Crippen molar-refractivity contribution in [3.63, 3.8) is 0 Å². The van der Waals surface area contributed by atoms with Gasteiger partial charge in [0.1, 0.15) is 48.3 Å². The molecule has 10 atom stereocenters. The maximum atomic E-state index is 14.7. The number of aliphatic hydroxyl groups excluding tert-OH is 1. The third-order valence-corrected chi connectivity index (χ3v) is 13.3. The molecule has 77 heavy (non-hydrogen) atoms. The van der Waals surface area contributed by atoms with Gasteiger partial charge in [-0.3, -0.25) is 48.3 Å². The maximum absolute atomic E-state index is 14.7. The van der Waals surface area contributed by atoms with Gasteiger partial charge < -0.3 is 86.0 Å². The summed E-state index contributed by atoms with van der Waals surface area (Å²) in [5.41, 5.74) is 29.5. The Kier molecular flexibility index (Phi) is 26.4. The van der Waals surface area contributed by atoms with E-state index < -0.39 is 120 Å². The summed E-state index contributed by atoms with van der Waals surface area (Å²) in [6.07, 6.45) is 1.75. The van der Waals surface area contributed by atoms with E-state index in [2.05, 4.69) is 64.8 Å². The molecule has 0 aliphatic carbocycles. The number of amides is 8. The van der Waals surface area contributed by atoms with E-state index in [0.717, 1.165) is 10.9 Å². The van der Waals surface area contributed by atoms with E-state index in [-0.39, 0.29) is 88.2 Å². The molecule has 1 fully saturated rings. The highest BCUT2D eigenvalue weighted by Gasteiger charge is 2.39. The van der Waals surface area contributed by atoms with Gasteiger partial charge in [-0.25, -0.2) is 4.79 Å². The van der Waals surface area contributed by atoms with Crippen LogP contribution in [0, 0.1) is 11.8 Å². The van der Waals surface area contributed by atoms with Crippen molar-refractivity contribution in [2.24, 2.45) is 50.5 Å². The maximum Gasteiger partial charge on any atom is 0.326 e. The third-order valence-electron chi connectivity index (χ3n) is 12.9. The van der Waals surface area contributed by atoms with Crippen LogP contribution in [0.5, 0.6) is 0 Å². The van der Waals surface area contributed by atoms with Crippen molar-refractivity contribution in [2.45, 2.75) is 147 Å². The predicted molar refractivity (Wildman–Crippen MR) is 291 cm³/mol. The van der Waals surface area contributed by atoms with Crippen molar-refractivity contribution in [2.75, 3.05) is 31.9 Å². The van der Waals surface area contributed by atoms with Crippen LogP contribution >= 0.6 is 12.6 Å². The van der Waals surface area contributed by atoms with Gasteiger partial charge in [0.2, 0.25) is 47.3 Å². The molecule has 428 valence electrons. The first-order chi connectivity index (χ1) is 36.4. The van der Waals surface area contributed by atoms with E-state index in [4.69, 9.17) is 28.7 Å². The largest absolute Gasteiger partial charge is 0.480 e. The number of thiol groups is 1. The minimum Gasteiger partial charge on any atom is -0.480 e. The smallest absolute Gasteiger partial charge is 0.326 e. The topological polar surface area (TPSA) is 452 Å². The zero-order valence-corrected chi connectivity index (χ0v) is 45.3. The van der Waals surface area contributed by atoms with E-state index in [1.54, 1.807) is 40.0 Å². The molecule has 28 heteroatoms. The number of carboxylic acids is 1. The molecule has 0 bridgehead atoms. The molecule has 1 aliphatic rings. The van der Waals surface area contributed by atoms with Crippen LogP contribution in [0.15, 0.2) is 40.4 Å². The van der Waals surface area contributed by atoms with Gasteiger partial charge in [0, 0.05) is 48.9 Å². The second-order valence-corrected chi connectivity index (χ2v) is 19.9. The lowest BCUT2D eigenvalue weighted by Crippen LogP contribution is -2.60. The summed E-state index contributed by atoms with van der Waals surface area (Å²) < 4.78 is 0. The summed E-state index contributed by atoms with van der Waals surface area (Å²) in [7, 11) is 0. The molecule has 1 aromatic carbocycles. The van der Waals surface area contributed by atoms with E-state index in [1.165, 1.54) is 11.8 Å². The average Bonchev–Trinajstić information content (AvgIpc) is 4.04. The second kappa shape index (κ2) is 31.8. The molecule has 27 nitrogen and oxygen atoms in total. The summed E-state index contributed by atoms with van der Waals surface area (Å²) in [6, 6.07) is -3.01. The van der Waals surface area contributed by atoms with Crippen LogP contribution in [0.1, 0.15) is 91.5 Å². The Morgan fingerprint density at radius 2 is 1.31 bits per heavy atom. The lowest BCUT2D eigenvalue weighted by atomic mass is 9.99. The van der Waals surface area contributed by atoms with Gasteiger partial charge in [-0.1, -0.05) is 52.3 Å². The molecule has 2 aromatic rings. The standard InChI is InChI=1S/C49H80N16O11S/c1-6-26(4)39(47(75)76)64-37(67)23-58-40(68)35(24-77)63-43(71)33(20-25(2)3)61-41(69)31(14-9-17-55-48(51)52)59-44(72)34(21-28-22-57-30-13-8-7-12-29(28)30)62-42(70)32(15-10-18-56-49(53)54)60-45(73)36-16-11-19-65(36)46(74)38(50)27(5)66/h7-8,12-13,22,25-27,31-36,38-39,57,66,77H,6,9-11,14-21,23-24,50H2,1-5H3,(H,58,68)(H,59,72)(H,60,73)(H,61,69)(H,62,70)(H,63,71)(H,64,67)(H,75,76)(H4,51,52,55)(H4,53,54,56)/t26-,27+,31-,32-,33-,34-,35-,36-,38-,39-/m0/s1. The van der Waals surface area contributed by atoms with E-state index >= 15 is 0 Å². The number of hydrogen-bond donors (Lipinski definition) is 16. The Morgan fingerprint density at radius 3 is 1.87 bits per heavy atom. The zero-order chi connectivity index (χ0) is 57.5. The number of carbonyl (C=O) groups excluding carboxylic acids is 8. The minimum absolute atomic E-state index is 0.0323. The van der Waals surface area contributed by atoms with Crippen molar-refractivity contribution in [1.82, 2.24) is 47.1 Å². The highest BCUT2D eigenvalue weighted by Crippen LogP contribution is 2.22. The number of likely N-dealkylation sites (tertiary alicyclic amines) is 1. The zero-order valence-electron chi connectivity index (χ0n) is 44.4. The number of aromatic nitrogens is 1. The normalized spacial score (nSPS) is 16.7. The van der Waals surface area contributed by atoms with Crippen molar-refractivity contribution in [1.29, 1.82) is 0 Å². The third kappa shape index (κ3) is 20.7. The van der Waals surface area contributed by atoms with Crippen molar-refractivity contribution in [3.8, 4) is 0 Å². The lowest BCUT2D eigenvalue weighted by molar-refractivity contribution is -0.143. The number of fused-ring (bicyclic) bond motifs is 1. The summed E-state index contributed by atoms with van der Waals surface area (Å²) in [4.78, 5) is 135. The molecular formula is C49H80N16O11S. The lowest BCUT2D eigenvalue weighted by Gasteiger charge is -2.30. The van der Waals surface area contributed by atoms with Gasteiger partial charge in [-0.05, 0) is 75.3 Å². The summed E-state index contributed by atoms with van der Waals surface area (Å²) in [6.45, 7) is 8.04. The molecule has 20 N–H and O–H groups in total. The number of aliphatic imine (C=N–C) groups is 2. The first kappa shape index (κ1) is 64.1. The molecule has 1 aromatic heterocycles. The number of nitrogens with zero attached hydrogens (tertiary/aromatic N) is 3. The fraction of sp³-hybridized carbons (Fsp3) is 0.612. The fourth-order valence-electron chi connectivity index (χ4n) is 8.43. The average molecular weight is 1100 g/mol. The van der Waals surface area contributed by atoms with Crippen LogP contribution in [-0.2, 0) is 49.6 Å². The van der Waals surface area contributed by atoms with Crippen LogP contribution in [0.2, 0.25) is 0 Å². The number of hydrogen-bond acceptors (Lipinski definition) is 14. The number of guanidine groups is 2. The van der Waals surface area contributed by atoms with Gasteiger partial charge in [0.05, 0.1) is 12.6 Å². The van der Waals surface area contributed by atoms with Gasteiger partial charge in [0.15, 0.2) is 11.9 Å².